The van der Waals surface area contributed by atoms with E-state index >= 15 is 0 Å². The Morgan fingerprint density at radius 2 is 1.78 bits per heavy atom. The Hall–Kier alpha value is -2.79. The predicted octanol–water partition coefficient (Wildman–Crippen LogP) is 4.43. The van der Waals surface area contributed by atoms with Crippen LogP contribution in [0.3, 0.4) is 0 Å². The van der Waals surface area contributed by atoms with E-state index in [9.17, 15) is 9.18 Å². The fourth-order valence-electron chi connectivity index (χ4n) is 2.54. The van der Waals surface area contributed by atoms with Crippen LogP contribution in [-0.2, 0) is 0 Å². The van der Waals surface area contributed by atoms with Crippen LogP contribution < -0.4 is 0 Å². The number of halogens is 1. The molecule has 3 nitrogen and oxygen atoms in total. The van der Waals surface area contributed by atoms with Gasteiger partial charge in [-0.15, -0.1) is 11.3 Å². The second-order valence-corrected chi connectivity index (χ2v) is 5.94. The lowest BCUT2D eigenvalue weighted by atomic mass is 10.0. The molecule has 2 aromatic heterocycles. The zero-order chi connectivity index (χ0) is 15.8. The molecular formula is C18H11FN2OS. The minimum absolute atomic E-state index is 0.172. The zero-order valence-electron chi connectivity index (χ0n) is 11.9. The average molecular weight is 322 g/mol. The number of hydrogen-bond acceptors (Lipinski definition) is 3. The average Bonchev–Trinajstić information content (AvgIpc) is 3.16. The first-order valence-electron chi connectivity index (χ1n) is 7.05. The van der Waals surface area contributed by atoms with Crippen LogP contribution in [0, 0.1) is 5.82 Å². The first-order chi connectivity index (χ1) is 11.2. The van der Waals surface area contributed by atoms with Gasteiger partial charge in [0.05, 0.1) is 0 Å². The van der Waals surface area contributed by atoms with Crippen molar-refractivity contribution >= 4 is 22.1 Å². The van der Waals surface area contributed by atoms with E-state index in [-0.39, 0.29) is 11.6 Å². The summed E-state index contributed by atoms with van der Waals surface area (Å²) in [5.74, 6) is -0.534. The highest BCUT2D eigenvalue weighted by Gasteiger charge is 2.22. The van der Waals surface area contributed by atoms with E-state index in [4.69, 9.17) is 0 Å². The van der Waals surface area contributed by atoms with Gasteiger partial charge in [-0.1, -0.05) is 30.3 Å². The van der Waals surface area contributed by atoms with Crippen LogP contribution in [-0.4, -0.2) is 15.2 Å². The number of fused-ring (bicyclic) bond motifs is 1. The van der Waals surface area contributed by atoms with Crippen molar-refractivity contribution in [2.75, 3.05) is 0 Å². The van der Waals surface area contributed by atoms with Crippen LogP contribution in [0.4, 0.5) is 4.39 Å². The van der Waals surface area contributed by atoms with E-state index < -0.39 is 0 Å². The van der Waals surface area contributed by atoms with E-state index in [1.54, 1.807) is 4.40 Å². The van der Waals surface area contributed by atoms with Crippen LogP contribution in [0.1, 0.15) is 16.1 Å². The first-order valence-corrected chi connectivity index (χ1v) is 7.93. The fraction of sp³-hybridized carbons (Fsp3) is 0. The molecule has 0 atom stereocenters. The number of rotatable bonds is 3. The topological polar surface area (TPSA) is 34.4 Å². The van der Waals surface area contributed by atoms with Gasteiger partial charge >= 0.3 is 0 Å². The number of carbonyl (C=O) groups is 1. The largest absolute Gasteiger partial charge is 0.287 e. The number of thiazole rings is 1. The number of carbonyl (C=O) groups excluding carboxylic acids is 1. The van der Waals surface area contributed by atoms with Crippen molar-refractivity contribution in [3.8, 4) is 11.3 Å². The Morgan fingerprint density at radius 1 is 1.04 bits per heavy atom. The Morgan fingerprint density at radius 3 is 2.52 bits per heavy atom. The molecule has 0 aliphatic rings. The number of benzene rings is 2. The molecule has 0 saturated heterocycles. The van der Waals surface area contributed by atoms with Crippen molar-refractivity contribution in [2.45, 2.75) is 0 Å². The van der Waals surface area contributed by atoms with Gasteiger partial charge in [0.2, 0.25) is 5.78 Å². The van der Waals surface area contributed by atoms with Crippen molar-refractivity contribution in [2.24, 2.45) is 0 Å². The van der Waals surface area contributed by atoms with E-state index in [1.165, 1.54) is 35.6 Å². The molecule has 112 valence electrons. The minimum atomic E-state index is -0.362. The molecule has 0 spiro atoms. The standard InChI is InChI=1S/C18H11FN2OS/c19-14-8-6-13(7-9-14)17(22)16-15(12-4-2-1-3-5-12)20-18-21(16)10-11-23-18/h1-11H. The first kappa shape index (κ1) is 13.8. The summed E-state index contributed by atoms with van der Waals surface area (Å²) < 4.78 is 14.9. The Labute approximate surface area is 135 Å². The summed E-state index contributed by atoms with van der Waals surface area (Å²) in [6.07, 6.45) is 1.83. The SMILES string of the molecule is O=C(c1ccc(F)cc1)c1c(-c2ccccc2)nc2sccn12. The molecule has 23 heavy (non-hydrogen) atoms. The smallest absolute Gasteiger partial charge is 0.212 e. The lowest BCUT2D eigenvalue weighted by Gasteiger charge is -2.04. The molecule has 0 radical (unpaired) electrons. The summed E-state index contributed by atoms with van der Waals surface area (Å²) in [5, 5.41) is 1.89. The Kier molecular flexibility index (Phi) is 3.28. The maximum absolute atomic E-state index is 13.1. The lowest BCUT2D eigenvalue weighted by Crippen LogP contribution is -2.06. The van der Waals surface area contributed by atoms with Crippen molar-refractivity contribution < 1.29 is 9.18 Å². The third-order valence-electron chi connectivity index (χ3n) is 3.63. The van der Waals surface area contributed by atoms with E-state index in [1.807, 2.05) is 41.9 Å². The van der Waals surface area contributed by atoms with Crippen molar-refractivity contribution in [3.63, 3.8) is 0 Å². The molecule has 0 bridgehead atoms. The molecule has 0 amide bonds. The Balaban J connectivity index is 1.92. The molecule has 0 aliphatic carbocycles. The van der Waals surface area contributed by atoms with Crippen LogP contribution in [0.15, 0.2) is 66.2 Å². The number of hydrogen-bond donors (Lipinski definition) is 0. The van der Waals surface area contributed by atoms with Gasteiger partial charge in [-0.2, -0.15) is 0 Å². The summed E-state index contributed by atoms with van der Waals surface area (Å²) in [6.45, 7) is 0. The van der Waals surface area contributed by atoms with E-state index in [2.05, 4.69) is 4.98 Å². The van der Waals surface area contributed by atoms with Crippen LogP contribution in [0.2, 0.25) is 0 Å². The van der Waals surface area contributed by atoms with Crippen LogP contribution in [0.25, 0.3) is 16.2 Å². The van der Waals surface area contributed by atoms with Crippen LogP contribution in [0.5, 0.6) is 0 Å². The molecule has 0 saturated carbocycles. The number of aromatic nitrogens is 2. The van der Waals surface area contributed by atoms with Gasteiger partial charge in [0, 0.05) is 22.7 Å². The van der Waals surface area contributed by atoms with Gasteiger partial charge in [0.25, 0.3) is 0 Å². The molecule has 4 aromatic rings. The quantitative estimate of drug-likeness (QED) is 0.523. The van der Waals surface area contributed by atoms with E-state index in [0.29, 0.717) is 17.0 Å². The highest BCUT2D eigenvalue weighted by Crippen LogP contribution is 2.28. The molecular weight excluding hydrogens is 311 g/mol. The molecule has 2 aromatic carbocycles. The summed E-state index contributed by atoms with van der Waals surface area (Å²) >= 11 is 1.47. The number of ketones is 1. The van der Waals surface area contributed by atoms with Gasteiger partial charge in [-0.3, -0.25) is 9.20 Å². The molecule has 4 rings (SSSR count). The minimum Gasteiger partial charge on any atom is -0.287 e. The monoisotopic (exact) mass is 322 g/mol. The predicted molar refractivity (Wildman–Crippen MR) is 88.3 cm³/mol. The molecule has 0 fully saturated rings. The summed E-state index contributed by atoms with van der Waals surface area (Å²) in [5.41, 5.74) is 2.47. The van der Waals surface area contributed by atoms with Crippen molar-refractivity contribution in [1.29, 1.82) is 0 Å². The van der Waals surface area contributed by atoms with E-state index in [0.717, 1.165) is 10.5 Å². The Bertz CT molecular complexity index is 987. The second-order valence-electron chi connectivity index (χ2n) is 5.07. The molecule has 2 heterocycles. The molecule has 0 aliphatic heterocycles. The molecule has 5 heteroatoms. The highest BCUT2D eigenvalue weighted by atomic mass is 32.1. The van der Waals surface area contributed by atoms with Crippen molar-refractivity contribution in [3.05, 3.63) is 83.2 Å². The van der Waals surface area contributed by atoms with Gasteiger partial charge in [0.15, 0.2) is 4.96 Å². The highest BCUT2D eigenvalue weighted by molar-refractivity contribution is 7.15. The lowest BCUT2D eigenvalue weighted by molar-refractivity contribution is 0.103. The second kappa shape index (κ2) is 5.44. The van der Waals surface area contributed by atoms with Gasteiger partial charge in [-0.05, 0) is 24.3 Å². The number of nitrogens with zero attached hydrogens (tertiary/aromatic N) is 2. The zero-order valence-corrected chi connectivity index (χ0v) is 12.8. The summed E-state index contributed by atoms with van der Waals surface area (Å²) in [7, 11) is 0. The molecule has 0 unspecified atom stereocenters. The van der Waals surface area contributed by atoms with Gasteiger partial charge in [-0.25, -0.2) is 9.37 Å². The maximum Gasteiger partial charge on any atom is 0.212 e. The van der Waals surface area contributed by atoms with Crippen LogP contribution >= 0.6 is 11.3 Å². The molecule has 0 N–H and O–H groups in total. The fourth-order valence-corrected chi connectivity index (χ4v) is 3.25. The maximum atomic E-state index is 13.1. The third kappa shape index (κ3) is 2.35. The van der Waals surface area contributed by atoms with Crippen molar-refractivity contribution in [1.82, 2.24) is 9.38 Å². The van der Waals surface area contributed by atoms with Gasteiger partial charge in [0.1, 0.15) is 17.2 Å². The number of imidazole rings is 1. The normalized spacial score (nSPS) is 11.0. The summed E-state index contributed by atoms with van der Waals surface area (Å²) in [4.78, 5) is 18.3. The summed E-state index contributed by atoms with van der Waals surface area (Å²) in [6, 6.07) is 15.2. The third-order valence-corrected chi connectivity index (χ3v) is 4.39. The van der Waals surface area contributed by atoms with Gasteiger partial charge < -0.3 is 0 Å².